The van der Waals surface area contributed by atoms with Crippen LogP contribution >= 0.6 is 0 Å². The molecule has 0 aliphatic carbocycles. The van der Waals surface area contributed by atoms with Gasteiger partial charge in [-0.25, -0.2) is 0 Å². The molecule has 13 heavy (non-hydrogen) atoms. The van der Waals surface area contributed by atoms with Gasteiger partial charge in [0.2, 0.25) is 0 Å². The van der Waals surface area contributed by atoms with Gasteiger partial charge in [0.15, 0.2) is 0 Å². The highest BCUT2D eigenvalue weighted by molar-refractivity contribution is 4.54. The van der Waals surface area contributed by atoms with E-state index in [-0.39, 0.29) is 0 Å². The molecule has 0 radical (unpaired) electrons. The van der Waals surface area contributed by atoms with Crippen molar-refractivity contribution >= 4 is 0 Å². The first-order valence-corrected chi connectivity index (χ1v) is 5.05. The van der Waals surface area contributed by atoms with Crippen LogP contribution < -0.4 is 0 Å². The van der Waals surface area contributed by atoms with Crippen molar-refractivity contribution < 1.29 is 9.47 Å². The van der Waals surface area contributed by atoms with E-state index in [1.165, 1.54) is 0 Å². The summed E-state index contributed by atoms with van der Waals surface area (Å²) in [6.45, 7) is 7.30. The number of hydrogen-bond donors (Lipinski definition) is 0. The molecule has 0 heterocycles. The lowest BCUT2D eigenvalue weighted by atomic mass is 10.3. The Bertz CT molecular complexity index is 88.9. The molecule has 3 heteroatoms. The van der Waals surface area contributed by atoms with Crippen molar-refractivity contribution in [3.63, 3.8) is 0 Å². The van der Waals surface area contributed by atoms with Crippen LogP contribution in [0.15, 0.2) is 0 Å². The molecule has 0 aromatic carbocycles. The average Bonchev–Trinajstić information content (AvgIpc) is 2.16. The Labute approximate surface area is 82.0 Å². The van der Waals surface area contributed by atoms with Crippen LogP contribution in [0.25, 0.3) is 0 Å². The lowest BCUT2D eigenvalue weighted by Crippen LogP contribution is -2.27. The first-order valence-electron chi connectivity index (χ1n) is 5.05. The standard InChI is InChI=1S/C10H23NO2/c1-4-11(7-5-9-12-2)8-6-10-13-3/h4-10H2,1-3H3. The second-order valence-electron chi connectivity index (χ2n) is 3.13. The van der Waals surface area contributed by atoms with Crippen molar-refractivity contribution in [3.05, 3.63) is 0 Å². The third-order valence-electron chi connectivity index (χ3n) is 2.09. The summed E-state index contributed by atoms with van der Waals surface area (Å²) in [7, 11) is 3.50. The highest BCUT2D eigenvalue weighted by Gasteiger charge is 2.00. The molecular formula is C10H23NO2. The number of nitrogens with zero attached hydrogens (tertiary/aromatic N) is 1. The van der Waals surface area contributed by atoms with Gasteiger partial charge in [0.1, 0.15) is 0 Å². The van der Waals surface area contributed by atoms with Crippen molar-refractivity contribution in [2.75, 3.05) is 47.1 Å². The van der Waals surface area contributed by atoms with Crippen molar-refractivity contribution in [1.29, 1.82) is 0 Å². The predicted octanol–water partition coefficient (Wildman–Crippen LogP) is 1.38. The van der Waals surface area contributed by atoms with Crippen LogP contribution in [0, 0.1) is 0 Å². The van der Waals surface area contributed by atoms with Gasteiger partial charge in [0.05, 0.1) is 0 Å². The molecule has 0 aromatic rings. The fraction of sp³-hybridized carbons (Fsp3) is 1.00. The average molecular weight is 189 g/mol. The van der Waals surface area contributed by atoms with Gasteiger partial charge in [-0.2, -0.15) is 0 Å². The number of rotatable bonds is 9. The molecule has 0 saturated carbocycles. The monoisotopic (exact) mass is 189 g/mol. The zero-order valence-corrected chi connectivity index (χ0v) is 9.21. The molecule has 0 rings (SSSR count). The summed E-state index contributed by atoms with van der Waals surface area (Å²) in [5.41, 5.74) is 0. The molecule has 3 nitrogen and oxygen atoms in total. The van der Waals surface area contributed by atoms with Gasteiger partial charge < -0.3 is 14.4 Å². The van der Waals surface area contributed by atoms with Crippen LogP contribution in [-0.4, -0.2) is 52.0 Å². The molecule has 0 N–H and O–H groups in total. The van der Waals surface area contributed by atoms with Gasteiger partial charge in [-0.15, -0.1) is 0 Å². The van der Waals surface area contributed by atoms with Crippen LogP contribution in [0.1, 0.15) is 19.8 Å². The van der Waals surface area contributed by atoms with Crippen LogP contribution in [0.3, 0.4) is 0 Å². The van der Waals surface area contributed by atoms with E-state index < -0.39 is 0 Å². The molecule has 0 bridgehead atoms. The largest absolute Gasteiger partial charge is 0.385 e. The minimum absolute atomic E-state index is 0.862. The van der Waals surface area contributed by atoms with Crippen molar-refractivity contribution in [1.82, 2.24) is 4.90 Å². The summed E-state index contributed by atoms with van der Waals surface area (Å²) in [5, 5.41) is 0. The van der Waals surface area contributed by atoms with Gasteiger partial charge in [0, 0.05) is 40.5 Å². The Balaban J connectivity index is 3.28. The Morgan fingerprint density at radius 1 is 0.923 bits per heavy atom. The smallest absolute Gasteiger partial charge is 0.0474 e. The van der Waals surface area contributed by atoms with E-state index in [9.17, 15) is 0 Å². The van der Waals surface area contributed by atoms with Gasteiger partial charge in [-0.3, -0.25) is 0 Å². The summed E-state index contributed by atoms with van der Waals surface area (Å²) in [6, 6.07) is 0. The predicted molar refractivity (Wildman–Crippen MR) is 55.1 cm³/mol. The molecule has 0 fully saturated rings. The second kappa shape index (κ2) is 9.96. The lowest BCUT2D eigenvalue weighted by Gasteiger charge is -2.19. The minimum Gasteiger partial charge on any atom is -0.385 e. The first kappa shape index (κ1) is 12.9. The van der Waals surface area contributed by atoms with E-state index >= 15 is 0 Å². The molecule has 0 saturated heterocycles. The summed E-state index contributed by atoms with van der Waals surface area (Å²) in [4.78, 5) is 2.43. The van der Waals surface area contributed by atoms with E-state index in [0.29, 0.717) is 0 Å². The Kier molecular flexibility index (Phi) is 9.87. The van der Waals surface area contributed by atoms with Crippen molar-refractivity contribution in [3.8, 4) is 0 Å². The van der Waals surface area contributed by atoms with Gasteiger partial charge in [0.25, 0.3) is 0 Å². The summed E-state index contributed by atoms with van der Waals surface area (Å²) in [6.07, 6.45) is 2.24. The maximum atomic E-state index is 5.01. The van der Waals surface area contributed by atoms with Crippen LogP contribution in [0.5, 0.6) is 0 Å². The maximum Gasteiger partial charge on any atom is 0.0474 e. The second-order valence-corrected chi connectivity index (χ2v) is 3.13. The lowest BCUT2D eigenvalue weighted by molar-refractivity contribution is 0.156. The highest BCUT2D eigenvalue weighted by Crippen LogP contribution is 1.94. The fourth-order valence-electron chi connectivity index (χ4n) is 1.29. The SMILES string of the molecule is CCN(CCCOC)CCCOC. The zero-order valence-electron chi connectivity index (χ0n) is 9.21. The Hall–Kier alpha value is -0.120. The quantitative estimate of drug-likeness (QED) is 0.511. The Morgan fingerprint density at radius 3 is 1.69 bits per heavy atom. The molecule has 0 amide bonds. The molecule has 80 valence electrons. The highest BCUT2D eigenvalue weighted by atomic mass is 16.5. The van der Waals surface area contributed by atoms with Crippen LogP contribution in [0.2, 0.25) is 0 Å². The zero-order chi connectivity index (χ0) is 9.94. The summed E-state index contributed by atoms with van der Waals surface area (Å²) >= 11 is 0. The molecule has 0 aliphatic rings. The fourth-order valence-corrected chi connectivity index (χ4v) is 1.29. The number of hydrogen-bond acceptors (Lipinski definition) is 3. The molecule has 0 unspecified atom stereocenters. The molecule has 0 spiro atoms. The third-order valence-corrected chi connectivity index (χ3v) is 2.09. The van der Waals surface area contributed by atoms with Crippen molar-refractivity contribution in [2.24, 2.45) is 0 Å². The third kappa shape index (κ3) is 8.22. The summed E-state index contributed by atoms with van der Waals surface area (Å²) in [5.74, 6) is 0. The van der Waals surface area contributed by atoms with Crippen LogP contribution in [0.4, 0.5) is 0 Å². The molecule has 0 aliphatic heterocycles. The van der Waals surface area contributed by atoms with E-state index in [2.05, 4.69) is 11.8 Å². The van der Waals surface area contributed by atoms with Gasteiger partial charge in [-0.1, -0.05) is 6.92 Å². The van der Waals surface area contributed by atoms with E-state index in [1.54, 1.807) is 14.2 Å². The normalized spacial score (nSPS) is 11.1. The van der Waals surface area contributed by atoms with Gasteiger partial charge >= 0.3 is 0 Å². The number of methoxy groups -OCH3 is 2. The topological polar surface area (TPSA) is 21.7 Å². The molecular weight excluding hydrogens is 166 g/mol. The minimum atomic E-state index is 0.862. The van der Waals surface area contributed by atoms with E-state index in [4.69, 9.17) is 9.47 Å². The maximum absolute atomic E-state index is 5.01. The Morgan fingerprint density at radius 2 is 1.38 bits per heavy atom. The van der Waals surface area contributed by atoms with Crippen LogP contribution in [-0.2, 0) is 9.47 Å². The van der Waals surface area contributed by atoms with Gasteiger partial charge in [-0.05, 0) is 19.4 Å². The first-order chi connectivity index (χ1) is 6.35. The van der Waals surface area contributed by atoms with E-state index in [0.717, 1.165) is 45.7 Å². The molecule has 0 atom stereocenters. The van der Waals surface area contributed by atoms with E-state index in [1.807, 2.05) is 0 Å². The van der Waals surface area contributed by atoms with Crippen molar-refractivity contribution in [2.45, 2.75) is 19.8 Å². The molecule has 0 aromatic heterocycles. The summed E-state index contributed by atoms with van der Waals surface area (Å²) < 4.78 is 10.0. The number of ether oxygens (including phenoxy) is 2.